The van der Waals surface area contributed by atoms with Crippen LogP contribution in [0.15, 0.2) is 47.4 Å². The van der Waals surface area contributed by atoms with Crippen LogP contribution in [0.3, 0.4) is 0 Å². The number of methoxy groups -OCH3 is 1. The van der Waals surface area contributed by atoms with Gasteiger partial charge in [0.15, 0.2) is 6.61 Å². The number of hydrogen-bond donors (Lipinski definition) is 1. The first-order valence-corrected chi connectivity index (χ1v) is 10.8. The largest absolute Gasteiger partial charge is 0.495 e. The van der Waals surface area contributed by atoms with Crippen LogP contribution >= 0.6 is 11.6 Å². The normalized spacial score (nSPS) is 11.2. The Labute approximate surface area is 180 Å². The summed E-state index contributed by atoms with van der Waals surface area (Å²) in [4.78, 5) is 24.0. The second-order valence-corrected chi connectivity index (χ2v) is 9.01. The zero-order chi connectivity index (χ0) is 22.3. The molecule has 10 heteroatoms. The Bertz CT molecular complexity index is 1010. The number of nitrogens with one attached hydrogen (secondary N) is 1. The third-order valence-corrected chi connectivity index (χ3v) is 6.23. The van der Waals surface area contributed by atoms with Crippen molar-refractivity contribution in [1.82, 2.24) is 9.62 Å². The molecule has 0 aliphatic rings. The van der Waals surface area contributed by atoms with E-state index >= 15 is 0 Å². The van der Waals surface area contributed by atoms with Gasteiger partial charge in [0.1, 0.15) is 10.6 Å². The number of rotatable bonds is 9. The predicted octanol–water partition coefficient (Wildman–Crippen LogP) is 2.11. The summed E-state index contributed by atoms with van der Waals surface area (Å²) in [6.07, 6.45) is 0.598. The molecule has 0 spiro atoms. The van der Waals surface area contributed by atoms with Crippen LogP contribution in [0.25, 0.3) is 0 Å². The topological polar surface area (TPSA) is 102 Å². The van der Waals surface area contributed by atoms with Crippen molar-refractivity contribution in [2.75, 3.05) is 34.4 Å². The summed E-state index contributed by atoms with van der Waals surface area (Å²) >= 11 is 5.82. The molecule has 30 heavy (non-hydrogen) atoms. The summed E-state index contributed by atoms with van der Waals surface area (Å²) in [6, 6.07) is 11.1. The fourth-order valence-electron chi connectivity index (χ4n) is 2.46. The SMILES string of the molecule is COc1ccc(C(=O)OCC(=O)NCCc2ccc(Cl)cc2)cc1S(=O)(=O)N(C)C. The molecule has 0 bridgehead atoms. The third-order valence-electron chi connectivity index (χ3n) is 4.14. The molecule has 0 aromatic heterocycles. The van der Waals surface area contributed by atoms with E-state index in [4.69, 9.17) is 21.1 Å². The van der Waals surface area contributed by atoms with E-state index in [0.29, 0.717) is 18.0 Å². The number of nitrogens with zero attached hydrogens (tertiary/aromatic N) is 1. The van der Waals surface area contributed by atoms with Gasteiger partial charge in [-0.05, 0) is 42.3 Å². The van der Waals surface area contributed by atoms with E-state index in [1.807, 2.05) is 12.1 Å². The minimum absolute atomic E-state index is 0.00908. The highest BCUT2D eigenvalue weighted by atomic mass is 35.5. The minimum atomic E-state index is -3.84. The fourth-order valence-corrected chi connectivity index (χ4v) is 3.67. The van der Waals surface area contributed by atoms with Crippen molar-refractivity contribution < 1.29 is 27.5 Å². The van der Waals surface area contributed by atoms with Crippen LogP contribution in [0.1, 0.15) is 15.9 Å². The first-order chi connectivity index (χ1) is 14.1. The number of hydrogen-bond acceptors (Lipinski definition) is 6. The number of ether oxygens (including phenoxy) is 2. The number of esters is 1. The lowest BCUT2D eigenvalue weighted by atomic mass is 10.1. The van der Waals surface area contributed by atoms with Crippen LogP contribution in [0.2, 0.25) is 5.02 Å². The highest BCUT2D eigenvalue weighted by Gasteiger charge is 2.24. The zero-order valence-corrected chi connectivity index (χ0v) is 18.4. The number of benzene rings is 2. The lowest BCUT2D eigenvalue weighted by Crippen LogP contribution is -2.30. The molecule has 0 saturated carbocycles. The second-order valence-electron chi connectivity index (χ2n) is 6.46. The van der Waals surface area contributed by atoms with Crippen molar-refractivity contribution in [2.45, 2.75) is 11.3 Å². The van der Waals surface area contributed by atoms with Gasteiger partial charge in [-0.3, -0.25) is 4.79 Å². The maximum absolute atomic E-state index is 12.4. The van der Waals surface area contributed by atoms with Crippen LogP contribution in [-0.2, 0) is 26.0 Å². The number of amides is 1. The van der Waals surface area contributed by atoms with Crippen molar-refractivity contribution in [2.24, 2.45) is 0 Å². The molecule has 0 unspecified atom stereocenters. The molecular weight excluding hydrogens is 432 g/mol. The summed E-state index contributed by atoms with van der Waals surface area (Å²) in [6.45, 7) is -0.118. The Hall–Kier alpha value is -2.62. The summed E-state index contributed by atoms with van der Waals surface area (Å²) in [5, 5.41) is 3.28. The van der Waals surface area contributed by atoms with Gasteiger partial charge in [0.2, 0.25) is 10.0 Å². The average Bonchev–Trinajstić information content (AvgIpc) is 2.72. The Morgan fingerprint density at radius 1 is 1.10 bits per heavy atom. The number of carbonyl (C=O) groups excluding carboxylic acids is 2. The maximum atomic E-state index is 12.4. The Morgan fingerprint density at radius 2 is 1.77 bits per heavy atom. The number of sulfonamides is 1. The van der Waals surface area contributed by atoms with Gasteiger partial charge in [-0.15, -0.1) is 0 Å². The molecule has 2 aromatic rings. The first-order valence-electron chi connectivity index (χ1n) is 8.94. The summed E-state index contributed by atoms with van der Waals surface area (Å²) in [5.74, 6) is -1.19. The van der Waals surface area contributed by atoms with Gasteiger partial charge in [0.25, 0.3) is 5.91 Å². The molecule has 0 atom stereocenters. The third kappa shape index (κ3) is 6.19. The van der Waals surface area contributed by atoms with Gasteiger partial charge in [-0.25, -0.2) is 17.5 Å². The van der Waals surface area contributed by atoms with E-state index < -0.39 is 28.5 Å². The zero-order valence-electron chi connectivity index (χ0n) is 16.8. The molecule has 8 nitrogen and oxygen atoms in total. The predicted molar refractivity (Wildman–Crippen MR) is 112 cm³/mol. The van der Waals surface area contributed by atoms with E-state index in [1.165, 1.54) is 33.3 Å². The molecule has 2 aromatic carbocycles. The lowest BCUT2D eigenvalue weighted by Gasteiger charge is -2.15. The standard InChI is InChI=1S/C20H23ClN2O6S/c1-23(2)30(26,27)18-12-15(6-9-17(18)28-3)20(25)29-13-19(24)22-11-10-14-4-7-16(21)8-5-14/h4-9,12H,10-11,13H2,1-3H3,(H,22,24). The molecule has 2 rings (SSSR count). The van der Waals surface area contributed by atoms with Gasteiger partial charge in [-0.2, -0.15) is 0 Å². The fraction of sp³-hybridized carbons (Fsp3) is 0.300. The Kier molecular flexibility index (Phi) is 8.22. The van der Waals surface area contributed by atoms with Gasteiger partial charge >= 0.3 is 5.97 Å². The van der Waals surface area contributed by atoms with E-state index in [1.54, 1.807) is 12.1 Å². The monoisotopic (exact) mass is 454 g/mol. The molecule has 0 saturated heterocycles. The van der Waals surface area contributed by atoms with Crippen molar-refractivity contribution >= 4 is 33.5 Å². The summed E-state index contributed by atoms with van der Waals surface area (Å²) in [7, 11) is 0.233. The highest BCUT2D eigenvalue weighted by Crippen LogP contribution is 2.27. The van der Waals surface area contributed by atoms with Crippen molar-refractivity contribution in [3.63, 3.8) is 0 Å². The Balaban J connectivity index is 1.94. The molecular formula is C20H23ClN2O6S. The quantitative estimate of drug-likeness (QED) is 0.582. The van der Waals surface area contributed by atoms with Gasteiger partial charge in [0.05, 0.1) is 12.7 Å². The van der Waals surface area contributed by atoms with Crippen LogP contribution in [-0.4, -0.2) is 59.0 Å². The van der Waals surface area contributed by atoms with E-state index in [0.717, 1.165) is 15.9 Å². The van der Waals surface area contributed by atoms with E-state index in [-0.39, 0.29) is 16.2 Å². The molecule has 162 valence electrons. The van der Waals surface area contributed by atoms with Gasteiger partial charge in [-0.1, -0.05) is 23.7 Å². The molecule has 0 fully saturated rings. The number of carbonyl (C=O) groups is 2. The van der Waals surface area contributed by atoms with Crippen LogP contribution < -0.4 is 10.1 Å². The van der Waals surface area contributed by atoms with E-state index in [2.05, 4.69) is 5.32 Å². The minimum Gasteiger partial charge on any atom is -0.495 e. The van der Waals surface area contributed by atoms with Crippen LogP contribution in [0.4, 0.5) is 0 Å². The van der Waals surface area contributed by atoms with Crippen molar-refractivity contribution in [3.8, 4) is 5.75 Å². The second kappa shape index (κ2) is 10.4. The first kappa shape index (κ1) is 23.7. The summed E-state index contributed by atoms with van der Waals surface area (Å²) < 4.78 is 35.9. The molecule has 0 heterocycles. The molecule has 0 aliphatic heterocycles. The van der Waals surface area contributed by atoms with Crippen LogP contribution in [0, 0.1) is 0 Å². The van der Waals surface area contributed by atoms with Crippen molar-refractivity contribution in [1.29, 1.82) is 0 Å². The maximum Gasteiger partial charge on any atom is 0.338 e. The van der Waals surface area contributed by atoms with Crippen molar-refractivity contribution in [3.05, 3.63) is 58.6 Å². The summed E-state index contributed by atoms with van der Waals surface area (Å²) in [5.41, 5.74) is 0.995. The van der Waals surface area contributed by atoms with Gasteiger partial charge < -0.3 is 14.8 Å². The smallest absolute Gasteiger partial charge is 0.338 e. The lowest BCUT2D eigenvalue weighted by molar-refractivity contribution is -0.124. The molecule has 1 N–H and O–H groups in total. The molecule has 0 aliphatic carbocycles. The molecule has 0 radical (unpaired) electrons. The number of halogens is 1. The average molecular weight is 455 g/mol. The van der Waals surface area contributed by atoms with Gasteiger partial charge in [0, 0.05) is 25.7 Å². The molecule has 1 amide bonds. The highest BCUT2D eigenvalue weighted by molar-refractivity contribution is 7.89. The van der Waals surface area contributed by atoms with Crippen LogP contribution in [0.5, 0.6) is 5.75 Å². The Morgan fingerprint density at radius 3 is 2.37 bits per heavy atom. The van der Waals surface area contributed by atoms with E-state index in [9.17, 15) is 18.0 Å².